The number of hydrogen-bond acceptors (Lipinski definition) is 7. The van der Waals surface area contributed by atoms with E-state index in [9.17, 15) is 19.2 Å². The number of aliphatic imine (C=N–C) groups is 1. The molecule has 234 valence electrons. The van der Waals surface area contributed by atoms with Gasteiger partial charge in [-0.25, -0.2) is 4.79 Å². The second kappa shape index (κ2) is 17.2. The van der Waals surface area contributed by atoms with Gasteiger partial charge in [0.2, 0.25) is 11.8 Å². The SMILES string of the molecule is CC[C@@H](c1cccc(OC(=O)N2CCCCC2NC(=O)[C@H](CCCN=C(N)N)NC(=O)CC(=O)O)c1)[C@@H](C)CN(C)C. The highest BCUT2D eigenvalue weighted by Gasteiger charge is 2.32. The number of carbonyl (C=O) groups excluding carboxylic acids is 3. The van der Waals surface area contributed by atoms with Crippen LogP contribution in [0.2, 0.25) is 0 Å². The zero-order valence-electron chi connectivity index (χ0n) is 25.2. The lowest BCUT2D eigenvalue weighted by molar-refractivity contribution is -0.142. The van der Waals surface area contributed by atoms with E-state index in [0.29, 0.717) is 37.0 Å². The maximum absolute atomic E-state index is 13.3. The van der Waals surface area contributed by atoms with Crippen LogP contribution in [-0.4, -0.2) is 90.7 Å². The molecule has 1 aromatic rings. The van der Waals surface area contributed by atoms with Crippen LogP contribution in [-0.2, 0) is 14.4 Å². The number of hydrogen-bond donors (Lipinski definition) is 5. The zero-order chi connectivity index (χ0) is 31.2. The van der Waals surface area contributed by atoms with Crippen LogP contribution in [0.15, 0.2) is 29.3 Å². The lowest BCUT2D eigenvalue weighted by atomic mass is 9.85. The zero-order valence-corrected chi connectivity index (χ0v) is 25.2. The van der Waals surface area contributed by atoms with Crippen molar-refractivity contribution in [3.63, 3.8) is 0 Å². The molecule has 7 N–H and O–H groups in total. The summed E-state index contributed by atoms with van der Waals surface area (Å²) in [5, 5.41) is 14.3. The van der Waals surface area contributed by atoms with E-state index in [0.717, 1.165) is 31.4 Å². The molecule has 0 radical (unpaired) electrons. The topological polar surface area (TPSA) is 193 Å². The summed E-state index contributed by atoms with van der Waals surface area (Å²) < 4.78 is 5.78. The highest BCUT2D eigenvalue weighted by atomic mass is 16.6. The summed E-state index contributed by atoms with van der Waals surface area (Å²) in [4.78, 5) is 57.2. The molecule has 3 amide bonds. The number of aliphatic carboxylic acids is 1. The maximum Gasteiger partial charge on any atom is 0.416 e. The van der Waals surface area contributed by atoms with Gasteiger partial charge in [-0.2, -0.15) is 0 Å². The van der Waals surface area contributed by atoms with Crippen molar-refractivity contribution in [3.8, 4) is 5.75 Å². The number of guanidine groups is 1. The number of likely N-dealkylation sites (tertiary alicyclic amines) is 1. The van der Waals surface area contributed by atoms with Gasteiger partial charge in [-0.3, -0.25) is 24.3 Å². The Bertz CT molecular complexity index is 1090. The minimum Gasteiger partial charge on any atom is -0.481 e. The summed E-state index contributed by atoms with van der Waals surface area (Å²) in [6.07, 6.45) is 1.52. The van der Waals surface area contributed by atoms with Gasteiger partial charge in [0.15, 0.2) is 5.96 Å². The third-order valence-corrected chi connectivity index (χ3v) is 7.23. The van der Waals surface area contributed by atoms with E-state index in [-0.39, 0.29) is 18.9 Å². The van der Waals surface area contributed by atoms with Crippen LogP contribution in [0.4, 0.5) is 4.79 Å². The second-order valence-electron chi connectivity index (χ2n) is 11.0. The van der Waals surface area contributed by atoms with Gasteiger partial charge in [-0.15, -0.1) is 0 Å². The molecular formula is C29H47N7O6. The van der Waals surface area contributed by atoms with Gasteiger partial charge < -0.3 is 36.8 Å². The van der Waals surface area contributed by atoms with E-state index >= 15 is 0 Å². The van der Waals surface area contributed by atoms with E-state index in [1.54, 1.807) is 6.07 Å². The predicted molar refractivity (Wildman–Crippen MR) is 160 cm³/mol. The molecule has 1 heterocycles. The number of ether oxygens (including phenoxy) is 1. The summed E-state index contributed by atoms with van der Waals surface area (Å²) in [6.45, 7) is 5.92. The van der Waals surface area contributed by atoms with Gasteiger partial charge in [0.25, 0.3) is 0 Å². The average molecular weight is 590 g/mol. The monoisotopic (exact) mass is 589 g/mol. The van der Waals surface area contributed by atoms with Crippen molar-refractivity contribution in [2.45, 2.75) is 76.9 Å². The molecule has 4 atom stereocenters. The van der Waals surface area contributed by atoms with Crippen molar-refractivity contribution >= 4 is 29.8 Å². The number of amides is 3. The van der Waals surface area contributed by atoms with Crippen molar-refractivity contribution in [1.29, 1.82) is 0 Å². The smallest absolute Gasteiger partial charge is 0.416 e. The van der Waals surface area contributed by atoms with Crippen LogP contribution in [0.25, 0.3) is 0 Å². The highest BCUT2D eigenvalue weighted by molar-refractivity contribution is 5.96. The molecular weight excluding hydrogens is 542 g/mol. The van der Waals surface area contributed by atoms with Crippen molar-refractivity contribution in [2.75, 3.05) is 33.7 Å². The van der Waals surface area contributed by atoms with Crippen LogP contribution < -0.4 is 26.8 Å². The normalized spacial score (nSPS) is 17.1. The first kappa shape index (κ1) is 34.3. The third-order valence-electron chi connectivity index (χ3n) is 7.23. The summed E-state index contributed by atoms with van der Waals surface area (Å²) in [6, 6.07) is 6.55. The third kappa shape index (κ3) is 11.6. The molecule has 0 aliphatic carbocycles. The van der Waals surface area contributed by atoms with Crippen LogP contribution in [0.1, 0.15) is 70.3 Å². The minimum atomic E-state index is -1.31. The van der Waals surface area contributed by atoms with Crippen molar-refractivity contribution in [3.05, 3.63) is 29.8 Å². The van der Waals surface area contributed by atoms with Crippen molar-refractivity contribution in [1.82, 2.24) is 20.4 Å². The lowest BCUT2D eigenvalue weighted by Crippen LogP contribution is -2.58. The van der Waals surface area contributed by atoms with E-state index in [1.807, 2.05) is 32.3 Å². The van der Waals surface area contributed by atoms with E-state index in [1.165, 1.54) is 4.90 Å². The van der Waals surface area contributed by atoms with Crippen LogP contribution in [0.3, 0.4) is 0 Å². The molecule has 1 saturated heterocycles. The Kier molecular flexibility index (Phi) is 14.0. The number of carboxylic acid groups (broad SMARTS) is 1. The Morgan fingerprint density at radius 1 is 1.21 bits per heavy atom. The number of nitrogens with two attached hydrogens (primary N) is 2. The molecule has 1 aliphatic heterocycles. The number of benzene rings is 1. The van der Waals surface area contributed by atoms with Crippen LogP contribution >= 0.6 is 0 Å². The molecule has 42 heavy (non-hydrogen) atoms. The predicted octanol–water partition coefficient (Wildman–Crippen LogP) is 1.82. The largest absolute Gasteiger partial charge is 0.481 e. The summed E-state index contributed by atoms with van der Waals surface area (Å²) in [7, 11) is 4.10. The Morgan fingerprint density at radius 2 is 1.95 bits per heavy atom. The van der Waals surface area contributed by atoms with E-state index in [4.69, 9.17) is 21.3 Å². The summed E-state index contributed by atoms with van der Waals surface area (Å²) in [5.74, 6) is -1.60. The first-order valence-corrected chi connectivity index (χ1v) is 14.5. The molecule has 0 spiro atoms. The van der Waals surface area contributed by atoms with Crippen LogP contribution in [0, 0.1) is 5.92 Å². The molecule has 1 unspecified atom stereocenters. The number of nitrogens with one attached hydrogen (secondary N) is 2. The van der Waals surface area contributed by atoms with Crippen LogP contribution in [0.5, 0.6) is 5.75 Å². The van der Waals surface area contributed by atoms with Crippen molar-refractivity contribution in [2.24, 2.45) is 22.4 Å². The van der Waals surface area contributed by atoms with Gasteiger partial charge in [0.1, 0.15) is 24.4 Å². The van der Waals surface area contributed by atoms with Gasteiger partial charge in [-0.05, 0) is 82.2 Å². The number of piperidine rings is 1. The number of carbonyl (C=O) groups is 4. The number of rotatable bonds is 15. The molecule has 13 heteroatoms. The molecule has 1 aliphatic rings. The Morgan fingerprint density at radius 3 is 2.60 bits per heavy atom. The summed E-state index contributed by atoms with van der Waals surface area (Å²) >= 11 is 0. The standard InChI is InChI=1S/C29H47N7O6/c1-5-22(19(2)18-35(3)4)20-10-8-11-21(16-20)42-29(41)36-15-7-6-13-24(36)34-27(40)23(12-9-14-32-28(30)31)33-25(37)17-26(38)39/h8,10-11,16,19,22-24H,5-7,9,12-15,17-18H2,1-4H3,(H,33,37)(H,34,40)(H,38,39)(H4,30,31,32)/t19-,22+,23-,24?/m0/s1. The molecule has 1 fully saturated rings. The second-order valence-corrected chi connectivity index (χ2v) is 11.0. The molecule has 0 bridgehead atoms. The molecule has 13 nitrogen and oxygen atoms in total. The van der Waals surface area contributed by atoms with Gasteiger partial charge >= 0.3 is 12.1 Å². The number of nitrogens with zero attached hydrogens (tertiary/aromatic N) is 3. The first-order chi connectivity index (χ1) is 19.9. The molecule has 2 rings (SSSR count). The quantitative estimate of drug-likeness (QED) is 0.0878. The average Bonchev–Trinajstić information content (AvgIpc) is 2.90. The fourth-order valence-electron chi connectivity index (χ4n) is 5.36. The number of carboxylic acids is 1. The summed E-state index contributed by atoms with van der Waals surface area (Å²) in [5.41, 5.74) is 11.8. The molecule has 0 saturated carbocycles. The Hall–Kier alpha value is -3.87. The van der Waals surface area contributed by atoms with Crippen molar-refractivity contribution < 1.29 is 29.0 Å². The molecule has 1 aromatic carbocycles. The minimum absolute atomic E-state index is 0.0962. The Labute approximate surface area is 248 Å². The highest BCUT2D eigenvalue weighted by Crippen LogP contribution is 2.31. The lowest BCUT2D eigenvalue weighted by Gasteiger charge is -2.36. The fraction of sp³-hybridized carbons (Fsp3) is 0.621. The first-order valence-electron chi connectivity index (χ1n) is 14.5. The fourth-order valence-corrected chi connectivity index (χ4v) is 5.36. The van der Waals surface area contributed by atoms with Gasteiger partial charge in [-0.1, -0.05) is 26.0 Å². The maximum atomic E-state index is 13.3. The Balaban J connectivity index is 2.13. The van der Waals surface area contributed by atoms with Gasteiger partial charge in [0.05, 0.1) is 0 Å². The molecule has 0 aromatic heterocycles. The van der Waals surface area contributed by atoms with E-state index < -0.39 is 42.5 Å². The van der Waals surface area contributed by atoms with Gasteiger partial charge in [0, 0.05) is 19.6 Å². The van der Waals surface area contributed by atoms with E-state index in [2.05, 4.69) is 34.4 Å².